The number of nitrogens with zero attached hydrogens (tertiary/aromatic N) is 1. The largest absolute Gasteiger partial charge is 0.378 e. The van der Waals surface area contributed by atoms with Crippen molar-refractivity contribution in [1.82, 2.24) is 4.90 Å². The Balaban J connectivity index is 2.24. The highest BCUT2D eigenvalue weighted by Gasteiger charge is 2.20. The number of halogens is 3. The minimum atomic E-state index is -0.776. The Hall–Kier alpha value is -1.01. The highest BCUT2D eigenvalue weighted by Crippen LogP contribution is 2.22. The van der Waals surface area contributed by atoms with Crippen molar-refractivity contribution in [3.05, 3.63) is 33.8 Å². The molecule has 1 amide bonds. The Morgan fingerprint density at radius 2 is 1.76 bits per heavy atom. The van der Waals surface area contributed by atoms with Crippen molar-refractivity contribution >= 4 is 21.8 Å². The molecule has 0 aromatic heterocycles. The van der Waals surface area contributed by atoms with Crippen LogP contribution in [0.3, 0.4) is 0 Å². The summed E-state index contributed by atoms with van der Waals surface area (Å²) < 4.78 is 31.4. The van der Waals surface area contributed by atoms with E-state index in [4.69, 9.17) is 4.74 Å². The van der Waals surface area contributed by atoms with Gasteiger partial charge in [-0.05, 0) is 28.1 Å². The average molecular weight is 306 g/mol. The van der Waals surface area contributed by atoms with Crippen molar-refractivity contribution in [3.63, 3.8) is 0 Å². The maximum atomic E-state index is 13.3. The van der Waals surface area contributed by atoms with Gasteiger partial charge in [0.2, 0.25) is 0 Å². The Kier molecular flexibility index (Phi) is 3.73. The zero-order valence-electron chi connectivity index (χ0n) is 8.88. The van der Waals surface area contributed by atoms with E-state index in [2.05, 4.69) is 15.9 Å². The second-order valence-corrected chi connectivity index (χ2v) is 4.45. The van der Waals surface area contributed by atoms with Gasteiger partial charge in [-0.1, -0.05) is 0 Å². The second-order valence-electron chi connectivity index (χ2n) is 3.66. The number of amides is 1. The molecule has 0 bridgehead atoms. The van der Waals surface area contributed by atoms with Crippen molar-refractivity contribution in [2.75, 3.05) is 26.3 Å². The number of rotatable bonds is 1. The molecule has 0 unspecified atom stereocenters. The van der Waals surface area contributed by atoms with Crippen LogP contribution in [0.1, 0.15) is 10.4 Å². The monoisotopic (exact) mass is 305 g/mol. The summed E-state index contributed by atoms with van der Waals surface area (Å²) in [5, 5.41) is 0. The summed E-state index contributed by atoms with van der Waals surface area (Å²) in [5.74, 6) is -1.93. The van der Waals surface area contributed by atoms with E-state index in [0.717, 1.165) is 12.1 Å². The molecule has 2 rings (SSSR count). The summed E-state index contributed by atoms with van der Waals surface area (Å²) in [4.78, 5) is 13.5. The van der Waals surface area contributed by atoms with Crippen LogP contribution in [0.2, 0.25) is 0 Å². The lowest BCUT2D eigenvalue weighted by molar-refractivity contribution is 0.0302. The van der Waals surface area contributed by atoms with Gasteiger partial charge in [-0.2, -0.15) is 0 Å². The minimum Gasteiger partial charge on any atom is -0.378 e. The molecule has 0 spiro atoms. The van der Waals surface area contributed by atoms with Gasteiger partial charge in [0.05, 0.1) is 17.7 Å². The lowest BCUT2D eigenvalue weighted by Gasteiger charge is -2.26. The van der Waals surface area contributed by atoms with Crippen LogP contribution in [0.4, 0.5) is 8.78 Å². The van der Waals surface area contributed by atoms with Crippen molar-refractivity contribution in [2.24, 2.45) is 0 Å². The molecule has 0 saturated carbocycles. The standard InChI is InChI=1S/C11H10BrF2NO2/c12-10-8(13)5-7(6-9(10)14)11(16)15-1-3-17-4-2-15/h5-6H,1-4H2. The second kappa shape index (κ2) is 5.10. The summed E-state index contributed by atoms with van der Waals surface area (Å²) in [7, 11) is 0. The smallest absolute Gasteiger partial charge is 0.254 e. The number of carbonyl (C=O) groups is 1. The number of ether oxygens (including phenoxy) is 1. The third-order valence-electron chi connectivity index (χ3n) is 2.53. The molecule has 0 N–H and O–H groups in total. The molecule has 3 nitrogen and oxygen atoms in total. The summed E-state index contributed by atoms with van der Waals surface area (Å²) in [6.07, 6.45) is 0. The number of morpholine rings is 1. The normalized spacial score (nSPS) is 16.1. The minimum absolute atomic E-state index is 0.0186. The molecule has 0 radical (unpaired) electrons. The van der Waals surface area contributed by atoms with Crippen LogP contribution < -0.4 is 0 Å². The van der Waals surface area contributed by atoms with Crippen molar-refractivity contribution < 1.29 is 18.3 Å². The summed E-state index contributed by atoms with van der Waals surface area (Å²) in [6, 6.07) is 2.07. The van der Waals surface area contributed by atoms with E-state index in [-0.39, 0.29) is 15.9 Å². The quantitative estimate of drug-likeness (QED) is 0.745. The molecule has 1 saturated heterocycles. The molecule has 1 aliphatic heterocycles. The van der Waals surface area contributed by atoms with Crippen molar-refractivity contribution in [1.29, 1.82) is 0 Å². The van der Waals surface area contributed by atoms with E-state index >= 15 is 0 Å². The molecular weight excluding hydrogens is 296 g/mol. The molecule has 1 aromatic carbocycles. The maximum Gasteiger partial charge on any atom is 0.254 e. The molecular formula is C11H10BrF2NO2. The van der Waals surface area contributed by atoms with Crippen LogP contribution in [-0.4, -0.2) is 37.1 Å². The predicted octanol–water partition coefficient (Wildman–Crippen LogP) is 2.20. The molecule has 92 valence electrons. The van der Waals surface area contributed by atoms with Gasteiger partial charge in [-0.15, -0.1) is 0 Å². The first kappa shape index (κ1) is 12.4. The Labute approximate surface area is 105 Å². The molecule has 0 aliphatic carbocycles. The van der Waals surface area contributed by atoms with Crippen molar-refractivity contribution in [2.45, 2.75) is 0 Å². The highest BCUT2D eigenvalue weighted by atomic mass is 79.9. The van der Waals surface area contributed by atoms with Crippen LogP contribution in [0.15, 0.2) is 16.6 Å². The number of hydrogen-bond donors (Lipinski definition) is 0. The maximum absolute atomic E-state index is 13.3. The average Bonchev–Trinajstić information content (AvgIpc) is 2.35. The predicted molar refractivity (Wildman–Crippen MR) is 60.8 cm³/mol. The van der Waals surface area contributed by atoms with E-state index in [9.17, 15) is 13.6 Å². The third kappa shape index (κ3) is 2.63. The first-order valence-electron chi connectivity index (χ1n) is 5.11. The molecule has 1 aliphatic rings. The van der Waals surface area contributed by atoms with Gasteiger partial charge < -0.3 is 9.64 Å². The fourth-order valence-corrected chi connectivity index (χ4v) is 1.86. The zero-order chi connectivity index (χ0) is 12.4. The van der Waals surface area contributed by atoms with Crippen LogP contribution in [0, 0.1) is 11.6 Å². The first-order chi connectivity index (χ1) is 8.09. The van der Waals surface area contributed by atoms with Gasteiger partial charge in [0.15, 0.2) is 0 Å². The van der Waals surface area contributed by atoms with Gasteiger partial charge in [0.1, 0.15) is 11.6 Å². The summed E-state index contributed by atoms with van der Waals surface area (Å²) >= 11 is 2.76. The number of benzene rings is 1. The van der Waals surface area contributed by atoms with Gasteiger partial charge in [-0.25, -0.2) is 8.78 Å². The zero-order valence-corrected chi connectivity index (χ0v) is 10.5. The Bertz CT molecular complexity index is 424. The molecule has 0 atom stereocenters. The van der Waals surface area contributed by atoms with E-state index in [1.165, 1.54) is 4.90 Å². The van der Waals surface area contributed by atoms with Crippen LogP contribution in [-0.2, 0) is 4.74 Å². The molecule has 1 fully saturated rings. The van der Waals surface area contributed by atoms with Gasteiger partial charge in [0, 0.05) is 18.7 Å². The lowest BCUT2D eigenvalue weighted by Crippen LogP contribution is -2.40. The first-order valence-corrected chi connectivity index (χ1v) is 5.90. The van der Waals surface area contributed by atoms with Crippen molar-refractivity contribution in [3.8, 4) is 0 Å². The van der Waals surface area contributed by atoms with E-state index in [1.54, 1.807) is 0 Å². The van der Waals surface area contributed by atoms with Crippen LogP contribution in [0.5, 0.6) is 0 Å². The molecule has 1 aromatic rings. The lowest BCUT2D eigenvalue weighted by atomic mass is 10.2. The van der Waals surface area contributed by atoms with E-state index < -0.39 is 11.6 Å². The molecule has 1 heterocycles. The van der Waals surface area contributed by atoms with Gasteiger partial charge in [-0.3, -0.25) is 4.79 Å². The van der Waals surface area contributed by atoms with Gasteiger partial charge in [0.25, 0.3) is 5.91 Å². The van der Waals surface area contributed by atoms with Crippen LogP contribution in [0.25, 0.3) is 0 Å². The summed E-state index contributed by atoms with van der Waals surface area (Å²) in [5.41, 5.74) is 0.0186. The topological polar surface area (TPSA) is 29.5 Å². The SMILES string of the molecule is O=C(c1cc(F)c(Br)c(F)c1)N1CCOCC1. The highest BCUT2D eigenvalue weighted by molar-refractivity contribution is 9.10. The summed E-state index contributed by atoms with van der Waals surface area (Å²) in [6.45, 7) is 1.79. The van der Waals surface area contributed by atoms with E-state index in [1.807, 2.05) is 0 Å². The van der Waals surface area contributed by atoms with Gasteiger partial charge >= 0.3 is 0 Å². The fourth-order valence-electron chi connectivity index (χ4n) is 1.63. The third-order valence-corrected chi connectivity index (χ3v) is 3.29. The molecule has 17 heavy (non-hydrogen) atoms. The Morgan fingerprint density at radius 3 is 2.29 bits per heavy atom. The number of carbonyl (C=O) groups excluding carboxylic acids is 1. The van der Waals surface area contributed by atoms with Crippen LogP contribution >= 0.6 is 15.9 Å². The molecule has 6 heteroatoms. The Morgan fingerprint density at radius 1 is 1.24 bits per heavy atom. The van der Waals surface area contributed by atoms with E-state index in [0.29, 0.717) is 26.3 Å². The number of hydrogen-bond acceptors (Lipinski definition) is 2. The fraction of sp³-hybridized carbons (Fsp3) is 0.364.